The first-order chi connectivity index (χ1) is 9.55. The maximum absolute atomic E-state index is 9.80. The van der Waals surface area contributed by atoms with Crippen molar-refractivity contribution in [3.63, 3.8) is 0 Å². The molecule has 1 atom stereocenters. The van der Waals surface area contributed by atoms with Crippen LogP contribution in [0.5, 0.6) is 5.75 Å². The fraction of sp³-hybridized carbons (Fsp3) is 0.556. The van der Waals surface area contributed by atoms with Crippen molar-refractivity contribution in [3.05, 3.63) is 42.0 Å². The van der Waals surface area contributed by atoms with Crippen molar-refractivity contribution >= 4 is 0 Å². The minimum atomic E-state index is 0.203. The smallest absolute Gasteiger partial charge is 0.115 e. The van der Waals surface area contributed by atoms with E-state index in [1.165, 1.54) is 18.4 Å². The Morgan fingerprint density at radius 2 is 2.20 bits per heavy atom. The van der Waals surface area contributed by atoms with E-state index in [4.69, 9.17) is 0 Å². The van der Waals surface area contributed by atoms with Crippen LogP contribution in [0.3, 0.4) is 0 Å². The first-order valence-electron chi connectivity index (χ1n) is 7.69. The summed E-state index contributed by atoms with van der Waals surface area (Å²) in [5.74, 6) is 1.05. The number of likely N-dealkylation sites (tertiary alicyclic amines) is 1. The predicted octanol–water partition coefficient (Wildman–Crippen LogP) is 3.96. The molecule has 20 heavy (non-hydrogen) atoms. The first-order valence-corrected chi connectivity index (χ1v) is 7.69. The fourth-order valence-corrected chi connectivity index (χ4v) is 3.51. The van der Waals surface area contributed by atoms with Crippen LogP contribution in [0, 0.1) is 5.92 Å². The highest BCUT2D eigenvalue weighted by molar-refractivity contribution is 5.34. The number of benzene rings is 1. The summed E-state index contributed by atoms with van der Waals surface area (Å²) < 4.78 is 0. The van der Waals surface area contributed by atoms with Crippen LogP contribution in [-0.4, -0.2) is 29.6 Å². The lowest BCUT2D eigenvalue weighted by atomic mass is 9.73. The standard InChI is InChI=1S/C18H27NO/c1-4-5-10-19-11-9-18(14-19,13-15(2)3)16-7-6-8-17(20)12-16/h4-8,12,15,20H,9-11,13-14H2,1-3H3/b5-4+/t18-/m1/s1. The van der Waals surface area contributed by atoms with Crippen LogP contribution in [0.25, 0.3) is 0 Å². The van der Waals surface area contributed by atoms with Gasteiger partial charge < -0.3 is 5.11 Å². The second-order valence-electron chi connectivity index (χ2n) is 6.48. The summed E-state index contributed by atoms with van der Waals surface area (Å²) in [5, 5.41) is 9.80. The van der Waals surface area contributed by atoms with E-state index < -0.39 is 0 Å². The van der Waals surface area contributed by atoms with Crippen LogP contribution in [0.1, 0.15) is 39.2 Å². The highest BCUT2D eigenvalue weighted by Gasteiger charge is 2.39. The molecule has 2 rings (SSSR count). The van der Waals surface area contributed by atoms with Gasteiger partial charge in [-0.05, 0) is 49.9 Å². The Hall–Kier alpha value is -1.28. The molecule has 0 bridgehead atoms. The van der Waals surface area contributed by atoms with Crippen LogP contribution in [-0.2, 0) is 5.41 Å². The Labute approximate surface area is 123 Å². The van der Waals surface area contributed by atoms with E-state index in [0.29, 0.717) is 11.7 Å². The summed E-state index contributed by atoms with van der Waals surface area (Å²) in [5.41, 5.74) is 1.50. The number of hydrogen-bond donors (Lipinski definition) is 1. The normalized spacial score (nSPS) is 24.0. The predicted molar refractivity (Wildman–Crippen MR) is 85.1 cm³/mol. The van der Waals surface area contributed by atoms with E-state index in [1.54, 1.807) is 6.07 Å². The zero-order valence-electron chi connectivity index (χ0n) is 13.0. The lowest BCUT2D eigenvalue weighted by molar-refractivity contribution is 0.305. The Morgan fingerprint density at radius 3 is 2.85 bits per heavy atom. The van der Waals surface area contributed by atoms with E-state index >= 15 is 0 Å². The van der Waals surface area contributed by atoms with Crippen molar-refractivity contribution in [2.45, 2.75) is 39.0 Å². The number of phenolic OH excluding ortho intramolecular Hbond substituents is 1. The van der Waals surface area contributed by atoms with Crippen LogP contribution in [0.15, 0.2) is 36.4 Å². The molecular formula is C18H27NO. The number of aromatic hydroxyl groups is 1. The molecule has 0 aromatic heterocycles. The van der Waals surface area contributed by atoms with E-state index in [9.17, 15) is 5.11 Å². The van der Waals surface area contributed by atoms with Gasteiger partial charge in [-0.1, -0.05) is 38.1 Å². The number of phenols is 1. The summed E-state index contributed by atoms with van der Waals surface area (Å²) in [4.78, 5) is 2.52. The summed E-state index contributed by atoms with van der Waals surface area (Å²) in [6.45, 7) is 9.94. The molecule has 0 amide bonds. The van der Waals surface area contributed by atoms with Gasteiger partial charge in [-0.15, -0.1) is 0 Å². The average Bonchev–Trinajstić information content (AvgIpc) is 2.80. The van der Waals surface area contributed by atoms with Gasteiger partial charge in [0.1, 0.15) is 5.75 Å². The zero-order chi connectivity index (χ0) is 14.6. The Bertz CT molecular complexity index is 466. The molecule has 110 valence electrons. The molecule has 2 heteroatoms. The quantitative estimate of drug-likeness (QED) is 0.821. The molecule has 1 saturated heterocycles. The van der Waals surface area contributed by atoms with Gasteiger partial charge in [-0.2, -0.15) is 0 Å². The van der Waals surface area contributed by atoms with Gasteiger partial charge in [0.15, 0.2) is 0 Å². The number of nitrogens with zero attached hydrogens (tertiary/aromatic N) is 1. The van der Waals surface area contributed by atoms with Gasteiger partial charge in [-0.3, -0.25) is 4.90 Å². The molecule has 1 aromatic rings. The summed E-state index contributed by atoms with van der Waals surface area (Å²) in [7, 11) is 0. The summed E-state index contributed by atoms with van der Waals surface area (Å²) >= 11 is 0. The molecule has 1 heterocycles. The zero-order valence-corrected chi connectivity index (χ0v) is 13.0. The van der Waals surface area contributed by atoms with Gasteiger partial charge >= 0.3 is 0 Å². The van der Waals surface area contributed by atoms with Crippen molar-refractivity contribution in [1.82, 2.24) is 4.90 Å². The Morgan fingerprint density at radius 1 is 1.40 bits per heavy atom. The lowest BCUT2D eigenvalue weighted by Gasteiger charge is -2.32. The molecule has 0 unspecified atom stereocenters. The molecule has 0 spiro atoms. The molecule has 1 aromatic carbocycles. The third kappa shape index (κ3) is 3.43. The van der Waals surface area contributed by atoms with E-state index in [0.717, 1.165) is 19.6 Å². The van der Waals surface area contributed by atoms with E-state index in [1.807, 2.05) is 12.1 Å². The van der Waals surface area contributed by atoms with Crippen molar-refractivity contribution in [2.24, 2.45) is 5.92 Å². The van der Waals surface area contributed by atoms with Gasteiger partial charge in [-0.25, -0.2) is 0 Å². The molecule has 2 nitrogen and oxygen atoms in total. The maximum Gasteiger partial charge on any atom is 0.115 e. The molecule has 1 N–H and O–H groups in total. The maximum atomic E-state index is 9.80. The lowest BCUT2D eigenvalue weighted by Crippen LogP contribution is -2.32. The summed E-state index contributed by atoms with van der Waals surface area (Å²) in [6, 6.07) is 7.88. The van der Waals surface area contributed by atoms with Crippen LogP contribution < -0.4 is 0 Å². The largest absolute Gasteiger partial charge is 0.508 e. The monoisotopic (exact) mass is 273 g/mol. The molecule has 1 aliphatic heterocycles. The van der Waals surface area contributed by atoms with Gasteiger partial charge in [0.2, 0.25) is 0 Å². The first kappa shape index (κ1) is 15.1. The number of allylic oxidation sites excluding steroid dienone is 1. The highest BCUT2D eigenvalue weighted by atomic mass is 16.3. The molecule has 0 saturated carbocycles. The van der Waals surface area contributed by atoms with Crippen LogP contribution >= 0.6 is 0 Å². The third-order valence-corrected chi connectivity index (χ3v) is 4.29. The molecule has 0 radical (unpaired) electrons. The minimum Gasteiger partial charge on any atom is -0.508 e. The molecule has 1 fully saturated rings. The van der Waals surface area contributed by atoms with Gasteiger partial charge in [0.25, 0.3) is 0 Å². The minimum absolute atomic E-state index is 0.203. The Kier molecular flexibility index (Phi) is 4.87. The van der Waals surface area contributed by atoms with Gasteiger partial charge in [0.05, 0.1) is 0 Å². The van der Waals surface area contributed by atoms with Gasteiger partial charge in [0, 0.05) is 18.5 Å². The molecule has 1 aliphatic rings. The van der Waals surface area contributed by atoms with Crippen molar-refractivity contribution in [3.8, 4) is 5.75 Å². The average molecular weight is 273 g/mol. The highest BCUT2D eigenvalue weighted by Crippen LogP contribution is 2.40. The summed E-state index contributed by atoms with van der Waals surface area (Å²) in [6.07, 6.45) is 6.72. The second kappa shape index (κ2) is 6.45. The third-order valence-electron chi connectivity index (χ3n) is 4.29. The fourth-order valence-electron chi connectivity index (χ4n) is 3.51. The molecular weight excluding hydrogens is 246 g/mol. The SMILES string of the molecule is C/C=C/CN1CC[C@](CC(C)C)(c2cccc(O)c2)C1. The van der Waals surface area contributed by atoms with Crippen molar-refractivity contribution in [1.29, 1.82) is 0 Å². The number of rotatable bonds is 5. The van der Waals surface area contributed by atoms with Crippen LogP contribution in [0.4, 0.5) is 0 Å². The topological polar surface area (TPSA) is 23.5 Å². The number of hydrogen-bond acceptors (Lipinski definition) is 2. The Balaban J connectivity index is 2.24. The van der Waals surface area contributed by atoms with Crippen molar-refractivity contribution < 1.29 is 5.11 Å². The van der Waals surface area contributed by atoms with Crippen LogP contribution in [0.2, 0.25) is 0 Å². The van der Waals surface area contributed by atoms with E-state index in [-0.39, 0.29) is 5.41 Å². The molecule has 0 aliphatic carbocycles. The van der Waals surface area contributed by atoms with E-state index in [2.05, 4.69) is 43.9 Å². The second-order valence-corrected chi connectivity index (χ2v) is 6.48. The van der Waals surface area contributed by atoms with Crippen molar-refractivity contribution in [2.75, 3.05) is 19.6 Å².